The van der Waals surface area contributed by atoms with E-state index in [1.165, 1.54) is 6.33 Å². The molecule has 0 bridgehead atoms. The molecule has 1 atom stereocenters. The Morgan fingerprint density at radius 1 is 1.53 bits per heavy atom. The summed E-state index contributed by atoms with van der Waals surface area (Å²) in [6, 6.07) is 2.04. The molecule has 1 fully saturated rings. The molecule has 2 heterocycles. The molecule has 6 heteroatoms. The summed E-state index contributed by atoms with van der Waals surface area (Å²) < 4.78 is 5.33. The lowest BCUT2D eigenvalue weighted by molar-refractivity contribution is -0.129. The Labute approximate surface area is 113 Å². The molecule has 19 heavy (non-hydrogen) atoms. The molecule has 1 aromatic heterocycles. The van der Waals surface area contributed by atoms with E-state index in [-0.39, 0.29) is 11.9 Å². The maximum absolute atomic E-state index is 11.6. The normalized spacial score (nSPS) is 18.4. The minimum atomic E-state index is 0.210. The van der Waals surface area contributed by atoms with Gasteiger partial charge in [0.25, 0.3) is 0 Å². The van der Waals surface area contributed by atoms with Gasteiger partial charge in [0, 0.05) is 31.6 Å². The number of likely N-dealkylation sites (tertiary alicyclic amines) is 1. The Morgan fingerprint density at radius 2 is 2.37 bits per heavy atom. The standard InChI is InChI=1S/C13H20N4O2/c1-3-13(18)17-6-5-10(8-17)16-11-7-12(19-4-2)15-9-14-11/h7,9-10H,3-6,8H2,1-2H3,(H,14,15,16). The third-order valence-corrected chi connectivity index (χ3v) is 3.13. The van der Waals surface area contributed by atoms with Crippen LogP contribution in [0.3, 0.4) is 0 Å². The highest BCUT2D eigenvalue weighted by atomic mass is 16.5. The third kappa shape index (κ3) is 3.56. The SMILES string of the molecule is CCOc1cc(NC2CCN(C(=O)CC)C2)ncn1. The van der Waals surface area contributed by atoms with Crippen LogP contribution in [0.4, 0.5) is 5.82 Å². The van der Waals surface area contributed by atoms with E-state index in [1.807, 2.05) is 18.7 Å². The zero-order valence-electron chi connectivity index (χ0n) is 11.4. The van der Waals surface area contributed by atoms with Gasteiger partial charge in [-0.05, 0) is 13.3 Å². The summed E-state index contributed by atoms with van der Waals surface area (Å²) >= 11 is 0. The van der Waals surface area contributed by atoms with Gasteiger partial charge < -0.3 is 15.0 Å². The largest absolute Gasteiger partial charge is 0.478 e. The Balaban J connectivity index is 1.91. The topological polar surface area (TPSA) is 67.3 Å². The molecule has 0 spiro atoms. The summed E-state index contributed by atoms with van der Waals surface area (Å²) in [5.41, 5.74) is 0. The van der Waals surface area contributed by atoms with E-state index in [1.54, 1.807) is 6.07 Å². The number of nitrogens with zero attached hydrogens (tertiary/aromatic N) is 3. The molecule has 6 nitrogen and oxygen atoms in total. The van der Waals surface area contributed by atoms with Crippen LogP contribution in [0, 0.1) is 0 Å². The van der Waals surface area contributed by atoms with Gasteiger partial charge in [-0.2, -0.15) is 0 Å². The van der Waals surface area contributed by atoms with Crippen LogP contribution in [0.25, 0.3) is 0 Å². The molecule has 0 aromatic carbocycles. The first-order valence-corrected chi connectivity index (χ1v) is 6.72. The van der Waals surface area contributed by atoms with E-state index in [0.717, 1.165) is 25.3 Å². The summed E-state index contributed by atoms with van der Waals surface area (Å²) in [5.74, 6) is 1.52. The van der Waals surface area contributed by atoms with E-state index in [9.17, 15) is 4.79 Å². The van der Waals surface area contributed by atoms with Gasteiger partial charge >= 0.3 is 0 Å². The average Bonchev–Trinajstić information content (AvgIpc) is 2.87. The van der Waals surface area contributed by atoms with Gasteiger partial charge in [0.05, 0.1) is 6.61 Å². The number of aromatic nitrogens is 2. The first-order chi connectivity index (χ1) is 9.22. The minimum absolute atomic E-state index is 0.210. The summed E-state index contributed by atoms with van der Waals surface area (Å²) in [4.78, 5) is 21.7. The van der Waals surface area contributed by atoms with E-state index >= 15 is 0 Å². The molecule has 1 saturated heterocycles. The van der Waals surface area contributed by atoms with Crippen LogP contribution in [0.2, 0.25) is 0 Å². The number of ether oxygens (including phenoxy) is 1. The number of nitrogens with one attached hydrogen (secondary N) is 1. The van der Waals surface area contributed by atoms with Gasteiger partial charge in [-0.3, -0.25) is 4.79 Å². The Kier molecular flexibility index (Phi) is 4.54. The third-order valence-electron chi connectivity index (χ3n) is 3.13. The van der Waals surface area contributed by atoms with Gasteiger partial charge in [0.2, 0.25) is 11.8 Å². The van der Waals surface area contributed by atoms with Gasteiger partial charge in [-0.25, -0.2) is 9.97 Å². The number of hydrogen-bond donors (Lipinski definition) is 1. The fraction of sp³-hybridized carbons (Fsp3) is 0.615. The molecule has 2 rings (SSSR count). The average molecular weight is 264 g/mol. The number of amides is 1. The molecule has 1 aliphatic rings. The number of hydrogen-bond acceptors (Lipinski definition) is 5. The summed E-state index contributed by atoms with van der Waals surface area (Å²) in [6.45, 7) is 5.94. The highest BCUT2D eigenvalue weighted by Gasteiger charge is 2.25. The maximum Gasteiger partial charge on any atom is 0.222 e. The van der Waals surface area contributed by atoms with Crippen LogP contribution in [0.1, 0.15) is 26.7 Å². The number of carbonyl (C=O) groups is 1. The quantitative estimate of drug-likeness (QED) is 0.868. The second-order valence-corrected chi connectivity index (χ2v) is 4.50. The van der Waals surface area contributed by atoms with Crippen molar-refractivity contribution in [3.63, 3.8) is 0 Å². The second-order valence-electron chi connectivity index (χ2n) is 4.50. The van der Waals surface area contributed by atoms with E-state index in [0.29, 0.717) is 18.9 Å². The van der Waals surface area contributed by atoms with Crippen molar-refractivity contribution < 1.29 is 9.53 Å². The fourth-order valence-electron chi connectivity index (χ4n) is 2.18. The molecule has 0 aliphatic carbocycles. The first-order valence-electron chi connectivity index (χ1n) is 6.72. The molecule has 1 amide bonds. The minimum Gasteiger partial charge on any atom is -0.478 e. The van der Waals surface area contributed by atoms with Gasteiger partial charge in [0.1, 0.15) is 12.1 Å². The lowest BCUT2D eigenvalue weighted by Gasteiger charge is -2.16. The maximum atomic E-state index is 11.6. The van der Waals surface area contributed by atoms with Crippen molar-refractivity contribution in [3.05, 3.63) is 12.4 Å². The monoisotopic (exact) mass is 264 g/mol. The van der Waals surface area contributed by atoms with E-state index in [4.69, 9.17) is 4.74 Å². The predicted octanol–water partition coefficient (Wildman–Crippen LogP) is 1.30. The van der Waals surface area contributed by atoms with Gasteiger partial charge in [-0.15, -0.1) is 0 Å². The van der Waals surface area contributed by atoms with Crippen LogP contribution in [0.5, 0.6) is 5.88 Å². The molecule has 0 radical (unpaired) electrons. The van der Waals surface area contributed by atoms with Crippen molar-refractivity contribution in [2.45, 2.75) is 32.7 Å². The number of anilines is 1. The summed E-state index contributed by atoms with van der Waals surface area (Å²) in [7, 11) is 0. The molecule has 0 saturated carbocycles. The fourth-order valence-corrected chi connectivity index (χ4v) is 2.18. The zero-order chi connectivity index (χ0) is 13.7. The predicted molar refractivity (Wildman–Crippen MR) is 72.1 cm³/mol. The molecular weight excluding hydrogens is 244 g/mol. The Morgan fingerprint density at radius 3 is 3.11 bits per heavy atom. The van der Waals surface area contributed by atoms with Crippen LogP contribution >= 0.6 is 0 Å². The molecular formula is C13H20N4O2. The first kappa shape index (κ1) is 13.6. The highest BCUT2D eigenvalue weighted by Crippen LogP contribution is 2.17. The Hall–Kier alpha value is -1.85. The van der Waals surface area contributed by atoms with E-state index < -0.39 is 0 Å². The smallest absolute Gasteiger partial charge is 0.222 e. The Bertz CT molecular complexity index is 438. The molecule has 1 N–H and O–H groups in total. The molecule has 1 unspecified atom stereocenters. The van der Waals surface area contributed by atoms with Gasteiger partial charge in [0.15, 0.2) is 0 Å². The van der Waals surface area contributed by atoms with Crippen LogP contribution < -0.4 is 10.1 Å². The lowest BCUT2D eigenvalue weighted by atomic mass is 10.2. The van der Waals surface area contributed by atoms with Crippen LogP contribution in [-0.4, -0.2) is 46.5 Å². The molecule has 104 valence electrons. The lowest BCUT2D eigenvalue weighted by Crippen LogP contribution is -2.31. The van der Waals surface area contributed by atoms with Crippen molar-refractivity contribution in [2.75, 3.05) is 25.0 Å². The van der Waals surface area contributed by atoms with Crippen molar-refractivity contribution >= 4 is 11.7 Å². The van der Waals surface area contributed by atoms with E-state index in [2.05, 4.69) is 15.3 Å². The van der Waals surface area contributed by atoms with Crippen molar-refractivity contribution in [1.82, 2.24) is 14.9 Å². The molecule has 1 aliphatic heterocycles. The van der Waals surface area contributed by atoms with Crippen molar-refractivity contribution in [2.24, 2.45) is 0 Å². The zero-order valence-corrected chi connectivity index (χ0v) is 11.4. The summed E-state index contributed by atoms with van der Waals surface area (Å²) in [6.07, 6.45) is 2.99. The van der Waals surface area contributed by atoms with Gasteiger partial charge in [-0.1, -0.05) is 6.92 Å². The van der Waals surface area contributed by atoms with Crippen LogP contribution in [0.15, 0.2) is 12.4 Å². The number of rotatable bonds is 5. The highest BCUT2D eigenvalue weighted by molar-refractivity contribution is 5.76. The van der Waals surface area contributed by atoms with Crippen molar-refractivity contribution in [1.29, 1.82) is 0 Å². The number of carbonyl (C=O) groups excluding carboxylic acids is 1. The van der Waals surface area contributed by atoms with Crippen molar-refractivity contribution in [3.8, 4) is 5.88 Å². The molecule has 1 aromatic rings. The summed E-state index contributed by atoms with van der Waals surface area (Å²) in [5, 5.41) is 3.32. The second kappa shape index (κ2) is 6.36. The van der Waals surface area contributed by atoms with Crippen LogP contribution in [-0.2, 0) is 4.79 Å².